The van der Waals surface area contributed by atoms with E-state index < -0.39 is 11.4 Å². The van der Waals surface area contributed by atoms with Gasteiger partial charge in [-0.25, -0.2) is 0 Å². The highest BCUT2D eigenvalue weighted by Crippen LogP contribution is 2.29. The zero-order valence-corrected chi connectivity index (χ0v) is 11.5. The first kappa shape index (κ1) is 15.0. The monoisotopic (exact) mass is 256 g/mol. The molecule has 5 heteroatoms. The predicted octanol–water partition coefficient (Wildman–Crippen LogP) is 1.09. The molecule has 0 aromatic carbocycles. The third-order valence-electron chi connectivity index (χ3n) is 3.78. The molecule has 0 saturated carbocycles. The molecule has 2 unspecified atom stereocenters. The lowest BCUT2D eigenvalue weighted by molar-refractivity contribution is -0.153. The number of hydrogen-bond donors (Lipinski definition) is 2. The van der Waals surface area contributed by atoms with E-state index >= 15 is 0 Å². The summed E-state index contributed by atoms with van der Waals surface area (Å²) < 4.78 is 0. The number of hydrogen-bond acceptors (Lipinski definition) is 3. The number of nitrogens with zero attached hydrogens (tertiary/aromatic N) is 1. The van der Waals surface area contributed by atoms with Gasteiger partial charge in [-0.15, -0.1) is 0 Å². The highest BCUT2D eigenvalue weighted by atomic mass is 16.4. The van der Waals surface area contributed by atoms with Crippen LogP contribution in [-0.2, 0) is 9.59 Å². The number of carboxylic acid groups (broad SMARTS) is 1. The van der Waals surface area contributed by atoms with E-state index in [1.807, 2.05) is 6.92 Å². The molecule has 0 aromatic heterocycles. The van der Waals surface area contributed by atoms with Gasteiger partial charge in [-0.3, -0.25) is 9.59 Å². The van der Waals surface area contributed by atoms with Gasteiger partial charge in [-0.05, 0) is 33.1 Å². The number of carboxylic acids is 1. The molecule has 1 rings (SSSR count). The first-order chi connectivity index (χ1) is 8.39. The average molecular weight is 256 g/mol. The van der Waals surface area contributed by atoms with Crippen LogP contribution in [0.2, 0.25) is 0 Å². The van der Waals surface area contributed by atoms with E-state index in [2.05, 4.69) is 12.2 Å². The molecule has 18 heavy (non-hydrogen) atoms. The van der Waals surface area contributed by atoms with E-state index in [-0.39, 0.29) is 5.91 Å². The van der Waals surface area contributed by atoms with Crippen LogP contribution in [0.3, 0.4) is 0 Å². The number of carbonyl (C=O) groups is 2. The van der Waals surface area contributed by atoms with Crippen LogP contribution in [0.5, 0.6) is 0 Å². The highest BCUT2D eigenvalue weighted by Gasteiger charge is 2.39. The molecule has 2 N–H and O–H groups in total. The molecule has 1 aliphatic rings. The Hall–Kier alpha value is -1.10. The maximum Gasteiger partial charge on any atom is 0.311 e. The second-order valence-electron chi connectivity index (χ2n) is 5.47. The van der Waals surface area contributed by atoms with Crippen molar-refractivity contribution in [2.24, 2.45) is 5.41 Å². The number of amides is 1. The zero-order chi connectivity index (χ0) is 13.8. The SMILES string of the molecule is CCC(C)NCC(=O)N1CCCC(C)(C(=O)O)C1. The van der Waals surface area contributed by atoms with Gasteiger partial charge in [-0.1, -0.05) is 6.92 Å². The summed E-state index contributed by atoms with van der Waals surface area (Å²) in [5, 5.41) is 12.3. The van der Waals surface area contributed by atoms with E-state index in [0.717, 1.165) is 12.8 Å². The van der Waals surface area contributed by atoms with Crippen LogP contribution in [0.4, 0.5) is 0 Å². The van der Waals surface area contributed by atoms with Crippen molar-refractivity contribution in [1.29, 1.82) is 0 Å². The molecule has 0 spiro atoms. The smallest absolute Gasteiger partial charge is 0.311 e. The second-order valence-corrected chi connectivity index (χ2v) is 5.47. The van der Waals surface area contributed by atoms with E-state index in [1.165, 1.54) is 0 Å². The fourth-order valence-electron chi connectivity index (χ4n) is 2.14. The quantitative estimate of drug-likeness (QED) is 0.772. The van der Waals surface area contributed by atoms with Gasteiger partial charge in [-0.2, -0.15) is 0 Å². The second kappa shape index (κ2) is 6.18. The van der Waals surface area contributed by atoms with Crippen molar-refractivity contribution < 1.29 is 14.7 Å². The summed E-state index contributed by atoms with van der Waals surface area (Å²) >= 11 is 0. The Morgan fingerprint density at radius 2 is 2.17 bits per heavy atom. The van der Waals surface area contributed by atoms with Crippen molar-refractivity contribution in [1.82, 2.24) is 10.2 Å². The highest BCUT2D eigenvalue weighted by molar-refractivity contribution is 5.80. The van der Waals surface area contributed by atoms with Crippen LogP contribution in [0.15, 0.2) is 0 Å². The zero-order valence-electron chi connectivity index (χ0n) is 11.5. The summed E-state index contributed by atoms with van der Waals surface area (Å²) in [4.78, 5) is 24.9. The molecule has 1 aliphatic heterocycles. The minimum Gasteiger partial charge on any atom is -0.481 e. The summed E-state index contributed by atoms with van der Waals surface area (Å²) in [7, 11) is 0. The minimum atomic E-state index is -0.810. The van der Waals surface area contributed by atoms with Crippen LogP contribution in [0.1, 0.15) is 40.0 Å². The number of nitrogens with one attached hydrogen (secondary N) is 1. The van der Waals surface area contributed by atoms with Crippen molar-refractivity contribution in [3.05, 3.63) is 0 Å². The van der Waals surface area contributed by atoms with Gasteiger partial charge in [0, 0.05) is 19.1 Å². The fourth-order valence-corrected chi connectivity index (χ4v) is 2.14. The molecular formula is C13H24N2O3. The van der Waals surface area contributed by atoms with Crippen molar-refractivity contribution in [2.75, 3.05) is 19.6 Å². The molecular weight excluding hydrogens is 232 g/mol. The number of carbonyl (C=O) groups excluding carboxylic acids is 1. The van der Waals surface area contributed by atoms with Crippen molar-refractivity contribution in [3.8, 4) is 0 Å². The maximum absolute atomic E-state index is 12.0. The number of likely N-dealkylation sites (tertiary alicyclic amines) is 1. The lowest BCUT2D eigenvalue weighted by atomic mass is 9.82. The Morgan fingerprint density at radius 1 is 1.50 bits per heavy atom. The molecule has 1 heterocycles. The van der Waals surface area contributed by atoms with Crippen molar-refractivity contribution >= 4 is 11.9 Å². The molecule has 104 valence electrons. The third kappa shape index (κ3) is 3.70. The molecule has 1 amide bonds. The van der Waals surface area contributed by atoms with Crippen LogP contribution >= 0.6 is 0 Å². The molecule has 1 fully saturated rings. The largest absolute Gasteiger partial charge is 0.481 e. The van der Waals surface area contributed by atoms with Gasteiger partial charge in [0.1, 0.15) is 0 Å². The van der Waals surface area contributed by atoms with Gasteiger partial charge >= 0.3 is 5.97 Å². The van der Waals surface area contributed by atoms with Gasteiger partial charge in [0.05, 0.1) is 12.0 Å². The van der Waals surface area contributed by atoms with E-state index in [0.29, 0.717) is 32.1 Å². The van der Waals surface area contributed by atoms with Gasteiger partial charge < -0.3 is 15.3 Å². The van der Waals surface area contributed by atoms with Gasteiger partial charge in [0.2, 0.25) is 5.91 Å². The fraction of sp³-hybridized carbons (Fsp3) is 0.846. The number of rotatable bonds is 5. The first-order valence-corrected chi connectivity index (χ1v) is 6.63. The Morgan fingerprint density at radius 3 is 2.72 bits per heavy atom. The van der Waals surface area contributed by atoms with Crippen LogP contribution in [0.25, 0.3) is 0 Å². The van der Waals surface area contributed by atoms with Crippen molar-refractivity contribution in [2.45, 2.75) is 46.1 Å². The van der Waals surface area contributed by atoms with Crippen molar-refractivity contribution in [3.63, 3.8) is 0 Å². The predicted molar refractivity (Wildman–Crippen MR) is 69.3 cm³/mol. The Balaban J connectivity index is 2.51. The van der Waals surface area contributed by atoms with Gasteiger partial charge in [0.25, 0.3) is 0 Å². The summed E-state index contributed by atoms with van der Waals surface area (Å²) in [5.74, 6) is -0.808. The third-order valence-corrected chi connectivity index (χ3v) is 3.78. The van der Waals surface area contributed by atoms with E-state index in [9.17, 15) is 14.7 Å². The van der Waals surface area contributed by atoms with E-state index in [1.54, 1.807) is 11.8 Å². The van der Waals surface area contributed by atoms with Crippen LogP contribution in [-0.4, -0.2) is 47.6 Å². The normalized spacial score (nSPS) is 25.8. The van der Waals surface area contributed by atoms with E-state index in [4.69, 9.17) is 0 Å². The first-order valence-electron chi connectivity index (χ1n) is 6.63. The maximum atomic E-state index is 12.0. The van der Waals surface area contributed by atoms with Gasteiger partial charge in [0.15, 0.2) is 0 Å². The average Bonchev–Trinajstić information content (AvgIpc) is 2.35. The van der Waals surface area contributed by atoms with Crippen LogP contribution in [0, 0.1) is 5.41 Å². The molecule has 1 saturated heterocycles. The number of piperidine rings is 1. The number of aliphatic carboxylic acids is 1. The molecule has 0 bridgehead atoms. The summed E-state index contributed by atoms with van der Waals surface area (Å²) in [6.45, 7) is 7.10. The summed E-state index contributed by atoms with van der Waals surface area (Å²) in [6.07, 6.45) is 2.38. The molecule has 0 radical (unpaired) electrons. The topological polar surface area (TPSA) is 69.6 Å². The molecule has 2 atom stereocenters. The lowest BCUT2D eigenvalue weighted by Gasteiger charge is -2.37. The molecule has 5 nitrogen and oxygen atoms in total. The minimum absolute atomic E-state index is 0.00229. The summed E-state index contributed by atoms with van der Waals surface area (Å²) in [6, 6.07) is 0.310. The standard InChI is InChI=1S/C13H24N2O3/c1-4-10(2)14-8-11(16)15-7-5-6-13(3,9-15)12(17)18/h10,14H,4-9H2,1-3H3,(H,17,18). The summed E-state index contributed by atoms with van der Waals surface area (Å²) in [5.41, 5.74) is -0.787. The molecule has 0 aromatic rings. The Kier molecular flexibility index (Phi) is 5.14. The molecule has 0 aliphatic carbocycles. The Labute approximate surface area is 109 Å². The lowest BCUT2D eigenvalue weighted by Crippen LogP contribution is -2.51. The Bertz CT molecular complexity index is 319. The van der Waals surface area contributed by atoms with Crippen LogP contribution < -0.4 is 5.32 Å².